The lowest BCUT2D eigenvalue weighted by atomic mass is 9.94. The van der Waals surface area contributed by atoms with Crippen molar-refractivity contribution in [2.75, 3.05) is 31.9 Å². The molecule has 1 amide bonds. The van der Waals surface area contributed by atoms with Gasteiger partial charge in [0.25, 0.3) is 5.91 Å². The largest absolute Gasteiger partial charge is 0.478 e. The number of rotatable bonds is 6. The van der Waals surface area contributed by atoms with Crippen LogP contribution in [0.15, 0.2) is 72.5 Å². The van der Waals surface area contributed by atoms with Crippen LogP contribution in [0, 0.1) is 11.2 Å². The molecule has 4 aliphatic rings. The molecule has 2 saturated heterocycles. The van der Waals surface area contributed by atoms with E-state index in [1.165, 1.54) is 4.90 Å². The van der Waals surface area contributed by atoms with E-state index in [4.69, 9.17) is 38.1 Å². The van der Waals surface area contributed by atoms with E-state index < -0.39 is 17.7 Å². The van der Waals surface area contributed by atoms with Crippen molar-refractivity contribution in [3.8, 4) is 16.9 Å². The number of amides is 1. The van der Waals surface area contributed by atoms with Crippen LogP contribution >= 0.6 is 23.2 Å². The van der Waals surface area contributed by atoms with Crippen molar-refractivity contribution in [3.05, 3.63) is 111 Å². The summed E-state index contributed by atoms with van der Waals surface area (Å²) in [4.78, 5) is 29.5. The molecule has 2 bridgehead atoms. The summed E-state index contributed by atoms with van der Waals surface area (Å²) in [5, 5.41) is 21.4. The van der Waals surface area contributed by atoms with E-state index in [0.717, 1.165) is 24.5 Å². The van der Waals surface area contributed by atoms with Crippen molar-refractivity contribution in [2.24, 2.45) is 0 Å². The van der Waals surface area contributed by atoms with E-state index >= 15 is 4.39 Å². The lowest BCUT2D eigenvalue weighted by Crippen LogP contribution is -2.46. The summed E-state index contributed by atoms with van der Waals surface area (Å²) < 4.78 is 27.5. The van der Waals surface area contributed by atoms with Gasteiger partial charge < -0.3 is 35.1 Å². The average molecular weight is 690 g/mol. The van der Waals surface area contributed by atoms with Crippen LogP contribution in [0.3, 0.4) is 0 Å². The van der Waals surface area contributed by atoms with Gasteiger partial charge in [-0.05, 0) is 60.4 Å². The van der Waals surface area contributed by atoms with E-state index in [1.807, 2.05) is 6.08 Å². The molecule has 2 fully saturated rings. The van der Waals surface area contributed by atoms with E-state index in [2.05, 4.69) is 10.2 Å². The molecule has 9 nitrogen and oxygen atoms in total. The predicted molar refractivity (Wildman–Crippen MR) is 183 cm³/mol. The van der Waals surface area contributed by atoms with Gasteiger partial charge in [0, 0.05) is 35.5 Å². The van der Waals surface area contributed by atoms with Gasteiger partial charge in [-0.15, -0.1) is 0 Å². The third-order valence-corrected chi connectivity index (χ3v) is 9.77. The second-order valence-corrected chi connectivity index (χ2v) is 12.9. The van der Waals surface area contributed by atoms with Crippen LogP contribution in [0.25, 0.3) is 16.7 Å². The summed E-state index contributed by atoms with van der Waals surface area (Å²) >= 11 is 13.3. The lowest BCUT2D eigenvalue weighted by Gasteiger charge is -2.37. The monoisotopic (exact) mass is 688 g/mol. The minimum Gasteiger partial charge on any atom is -0.478 e. The molecule has 3 aliphatic heterocycles. The first-order valence-corrected chi connectivity index (χ1v) is 16.2. The van der Waals surface area contributed by atoms with Crippen LogP contribution in [0.1, 0.15) is 44.7 Å². The molecule has 0 aromatic heterocycles. The highest BCUT2D eigenvalue weighted by Gasteiger charge is 2.40. The standard InChI is InChI=1S/C36H31Cl2FN4O5/c1-41-14-22-9-19(5-8-31(22)40)21-10-28(37)33(29(38)11-21)35(44)42-15-20-3-2-4-25(34(20)48-18-42)26-13-32(27(36(45)46)12-30(26)39)43-23-6-7-24(43)17-47-16-23/h2-5,8-14,23-24,40-41H,6-7,15-18H2,1H3,(H,45,46)/b22-14-,40-31?. The van der Waals surface area contributed by atoms with Gasteiger partial charge in [0.2, 0.25) is 0 Å². The molecule has 0 radical (unpaired) electrons. The molecule has 3 heterocycles. The first kappa shape index (κ1) is 31.9. The minimum atomic E-state index is -1.20. The summed E-state index contributed by atoms with van der Waals surface area (Å²) in [6.45, 7) is 0.991. The number of carbonyl (C=O) groups excluding carboxylic acids is 1. The fourth-order valence-electron chi connectivity index (χ4n) is 6.91. The third-order valence-electron chi connectivity index (χ3n) is 9.17. The molecule has 12 heteroatoms. The van der Waals surface area contributed by atoms with Crippen molar-refractivity contribution >= 4 is 52.1 Å². The number of benzene rings is 3. The number of aromatic carboxylic acids is 1. The Bertz CT molecular complexity index is 1940. The maximum Gasteiger partial charge on any atom is 0.337 e. The van der Waals surface area contributed by atoms with Gasteiger partial charge >= 0.3 is 5.97 Å². The lowest BCUT2D eigenvalue weighted by molar-refractivity contribution is 0.0516. The molecular formula is C36H31Cl2FN4O5. The molecule has 2 atom stereocenters. The smallest absolute Gasteiger partial charge is 0.337 e. The third kappa shape index (κ3) is 5.63. The highest BCUT2D eigenvalue weighted by Crippen LogP contribution is 2.43. The number of allylic oxidation sites excluding steroid dienone is 5. The molecular weight excluding hydrogens is 658 g/mol. The predicted octanol–water partition coefficient (Wildman–Crippen LogP) is 6.93. The maximum absolute atomic E-state index is 15.7. The van der Waals surface area contributed by atoms with Crippen LogP contribution in [0.5, 0.6) is 5.75 Å². The number of anilines is 1. The number of nitrogens with one attached hydrogen (secondary N) is 2. The van der Waals surface area contributed by atoms with Crippen LogP contribution < -0.4 is 15.0 Å². The van der Waals surface area contributed by atoms with Crippen molar-refractivity contribution in [3.63, 3.8) is 0 Å². The normalized spacial score (nSPS) is 20.8. The zero-order valence-corrected chi connectivity index (χ0v) is 27.4. The fraction of sp³-hybridized carbons (Fsp3) is 0.250. The van der Waals surface area contributed by atoms with Gasteiger partial charge in [-0.3, -0.25) is 4.79 Å². The SMILES string of the molecule is CN/C=C1/C=C(c2cc(Cl)c(C(=O)N3COc4c(cccc4-c4cc(N5C6CCC5COC6)c(C(=O)O)cc4F)C3)c(Cl)c2)C=CC1=N. The first-order chi connectivity index (χ1) is 23.1. The minimum absolute atomic E-state index is 0.0199. The molecule has 3 aromatic rings. The Kier molecular flexibility index (Phi) is 8.49. The molecule has 0 saturated carbocycles. The number of carboxylic acids is 1. The first-order valence-electron chi connectivity index (χ1n) is 15.5. The number of para-hydroxylation sites is 1. The van der Waals surface area contributed by atoms with Gasteiger partial charge in [0.05, 0.1) is 64.4 Å². The molecule has 3 N–H and O–H groups in total. The summed E-state index contributed by atoms with van der Waals surface area (Å²) in [5.74, 6) is -1.89. The highest BCUT2D eigenvalue weighted by molar-refractivity contribution is 6.40. The molecule has 3 aromatic carbocycles. The van der Waals surface area contributed by atoms with Crippen LogP contribution in [-0.4, -0.2) is 66.7 Å². The summed E-state index contributed by atoms with van der Waals surface area (Å²) in [5.41, 5.74) is 4.34. The molecule has 0 spiro atoms. The Morgan fingerprint density at radius 3 is 2.48 bits per heavy atom. The van der Waals surface area contributed by atoms with Crippen LogP contribution in [0.2, 0.25) is 10.0 Å². The Labute approximate surface area is 286 Å². The van der Waals surface area contributed by atoms with Crippen molar-refractivity contribution in [1.82, 2.24) is 10.2 Å². The quantitative estimate of drug-likeness (QED) is 0.257. The second kappa shape index (κ2) is 12.8. The number of fused-ring (bicyclic) bond motifs is 3. The fourth-order valence-corrected chi connectivity index (χ4v) is 7.56. The van der Waals surface area contributed by atoms with E-state index in [1.54, 1.807) is 61.8 Å². The Morgan fingerprint density at radius 1 is 1.06 bits per heavy atom. The number of hydrogen-bond donors (Lipinski definition) is 3. The van der Waals surface area contributed by atoms with Crippen molar-refractivity contribution in [2.45, 2.75) is 31.5 Å². The van der Waals surface area contributed by atoms with Crippen molar-refractivity contribution in [1.29, 1.82) is 5.41 Å². The molecule has 1 aliphatic carbocycles. The Balaban J connectivity index is 1.18. The number of carboxylic acid groups (broad SMARTS) is 1. The van der Waals surface area contributed by atoms with Gasteiger partial charge in [0.1, 0.15) is 11.6 Å². The molecule has 7 rings (SSSR count). The number of hydrogen-bond acceptors (Lipinski definition) is 7. The van der Waals surface area contributed by atoms with Crippen LogP contribution in [-0.2, 0) is 11.3 Å². The van der Waals surface area contributed by atoms with Crippen LogP contribution in [0.4, 0.5) is 10.1 Å². The van der Waals surface area contributed by atoms with E-state index in [0.29, 0.717) is 52.6 Å². The van der Waals surface area contributed by atoms with E-state index in [-0.39, 0.29) is 52.1 Å². The van der Waals surface area contributed by atoms with Crippen molar-refractivity contribution < 1.29 is 28.6 Å². The highest BCUT2D eigenvalue weighted by atomic mass is 35.5. The number of morpholine rings is 1. The number of nitrogens with zero attached hydrogens (tertiary/aromatic N) is 2. The van der Waals surface area contributed by atoms with Gasteiger partial charge in [-0.25, -0.2) is 9.18 Å². The summed E-state index contributed by atoms with van der Waals surface area (Å²) in [7, 11) is 1.76. The molecule has 246 valence electrons. The maximum atomic E-state index is 15.7. The topological polar surface area (TPSA) is 115 Å². The number of halogens is 3. The number of ether oxygens (including phenoxy) is 2. The Morgan fingerprint density at radius 2 is 1.79 bits per heavy atom. The van der Waals surface area contributed by atoms with Gasteiger partial charge in [-0.1, -0.05) is 47.5 Å². The zero-order chi connectivity index (χ0) is 33.7. The van der Waals surface area contributed by atoms with Gasteiger partial charge in [0.15, 0.2) is 6.73 Å². The van der Waals surface area contributed by atoms with E-state index in [9.17, 15) is 14.7 Å². The average Bonchev–Trinajstić information content (AvgIpc) is 3.31. The Hall–Kier alpha value is -4.64. The number of carbonyl (C=O) groups is 2. The zero-order valence-electron chi connectivity index (χ0n) is 25.9. The molecule has 48 heavy (non-hydrogen) atoms. The molecule has 2 unspecified atom stereocenters. The summed E-state index contributed by atoms with van der Waals surface area (Å²) in [6, 6.07) is 11.3. The second-order valence-electron chi connectivity index (χ2n) is 12.1. The summed E-state index contributed by atoms with van der Waals surface area (Å²) in [6.07, 6.45) is 8.76. The van der Waals surface area contributed by atoms with Gasteiger partial charge in [-0.2, -0.15) is 0 Å².